The zero-order valence-electron chi connectivity index (χ0n) is 12.9. The number of nitrogens with one attached hydrogen (secondary N) is 1. The summed E-state index contributed by atoms with van der Waals surface area (Å²) in [6.45, 7) is 3.51. The minimum Gasteiger partial charge on any atom is -0.382 e. The van der Waals surface area contributed by atoms with Crippen LogP contribution in [0, 0.1) is 5.92 Å². The zero-order chi connectivity index (χ0) is 15.8. The third-order valence-electron chi connectivity index (χ3n) is 3.76. The van der Waals surface area contributed by atoms with Crippen molar-refractivity contribution in [3.8, 4) is 0 Å². The van der Waals surface area contributed by atoms with Crippen LogP contribution in [-0.2, 0) is 9.47 Å². The highest BCUT2D eigenvalue weighted by atomic mass is 35.5. The zero-order valence-corrected chi connectivity index (χ0v) is 13.6. The fourth-order valence-electron chi connectivity index (χ4n) is 2.46. The first kappa shape index (κ1) is 17.1. The molecule has 0 radical (unpaired) electrons. The molecule has 0 unspecified atom stereocenters. The van der Waals surface area contributed by atoms with E-state index in [1.165, 1.54) is 0 Å². The van der Waals surface area contributed by atoms with Gasteiger partial charge in [0.1, 0.15) is 0 Å². The van der Waals surface area contributed by atoms with Gasteiger partial charge in [-0.3, -0.25) is 0 Å². The second-order valence-corrected chi connectivity index (χ2v) is 5.88. The molecule has 122 valence electrons. The number of ether oxygens (including phenoxy) is 2. The van der Waals surface area contributed by atoms with Gasteiger partial charge in [-0.1, -0.05) is 17.7 Å². The maximum absolute atomic E-state index is 12.2. The third-order valence-corrected chi connectivity index (χ3v) is 4.00. The highest BCUT2D eigenvalue weighted by molar-refractivity contribution is 6.30. The van der Waals surface area contributed by atoms with Gasteiger partial charge in [-0.15, -0.1) is 0 Å². The fraction of sp³-hybridized carbons (Fsp3) is 0.562. The Kier molecular flexibility index (Phi) is 6.96. The summed E-state index contributed by atoms with van der Waals surface area (Å²) in [7, 11) is 1.67. The molecule has 1 N–H and O–H groups in total. The summed E-state index contributed by atoms with van der Waals surface area (Å²) < 4.78 is 10.5. The van der Waals surface area contributed by atoms with Crippen molar-refractivity contribution in [1.29, 1.82) is 0 Å². The average molecular weight is 327 g/mol. The first-order valence-electron chi connectivity index (χ1n) is 7.57. The monoisotopic (exact) mass is 326 g/mol. The number of nitrogens with zero attached hydrogens (tertiary/aromatic N) is 1. The molecule has 1 saturated heterocycles. The number of piperidine rings is 1. The van der Waals surface area contributed by atoms with Crippen molar-refractivity contribution in [1.82, 2.24) is 4.90 Å². The lowest BCUT2D eigenvalue weighted by Gasteiger charge is -2.31. The second kappa shape index (κ2) is 8.98. The Morgan fingerprint density at radius 3 is 2.82 bits per heavy atom. The Labute approximate surface area is 136 Å². The SMILES string of the molecule is COCCOCC1CCN(C(=O)Nc2cccc(Cl)c2)CC1. The van der Waals surface area contributed by atoms with Crippen LogP contribution in [0.4, 0.5) is 10.5 Å². The Hall–Kier alpha value is -1.30. The highest BCUT2D eigenvalue weighted by Crippen LogP contribution is 2.20. The molecule has 0 bridgehead atoms. The molecule has 5 nitrogen and oxygen atoms in total. The fourth-order valence-corrected chi connectivity index (χ4v) is 2.65. The van der Waals surface area contributed by atoms with Gasteiger partial charge >= 0.3 is 6.03 Å². The van der Waals surface area contributed by atoms with E-state index in [-0.39, 0.29) is 6.03 Å². The molecule has 1 heterocycles. The number of hydrogen-bond donors (Lipinski definition) is 1. The van der Waals surface area contributed by atoms with Crippen molar-refractivity contribution in [3.05, 3.63) is 29.3 Å². The first-order valence-corrected chi connectivity index (χ1v) is 7.95. The molecule has 0 aliphatic carbocycles. The molecule has 1 fully saturated rings. The summed E-state index contributed by atoms with van der Waals surface area (Å²) in [5.41, 5.74) is 0.725. The highest BCUT2D eigenvalue weighted by Gasteiger charge is 2.22. The van der Waals surface area contributed by atoms with E-state index in [9.17, 15) is 4.79 Å². The summed E-state index contributed by atoms with van der Waals surface area (Å²) in [6.07, 6.45) is 1.94. The van der Waals surface area contributed by atoms with E-state index in [2.05, 4.69) is 5.32 Å². The Bertz CT molecular complexity index is 476. The van der Waals surface area contributed by atoms with Gasteiger partial charge in [0.15, 0.2) is 0 Å². The van der Waals surface area contributed by atoms with Crippen molar-refractivity contribution >= 4 is 23.3 Å². The van der Waals surface area contributed by atoms with Crippen LogP contribution < -0.4 is 5.32 Å². The molecular weight excluding hydrogens is 304 g/mol. The second-order valence-electron chi connectivity index (χ2n) is 5.44. The molecule has 1 aromatic rings. The molecule has 1 aliphatic rings. The van der Waals surface area contributed by atoms with Gasteiger partial charge in [-0.05, 0) is 37.0 Å². The molecule has 1 aliphatic heterocycles. The van der Waals surface area contributed by atoms with Crippen molar-refractivity contribution in [2.24, 2.45) is 5.92 Å². The number of carbonyl (C=O) groups excluding carboxylic acids is 1. The number of benzene rings is 1. The number of likely N-dealkylation sites (tertiary alicyclic amines) is 1. The standard InChI is InChI=1S/C16H23ClN2O3/c1-21-9-10-22-12-13-5-7-19(8-6-13)16(20)18-15-4-2-3-14(17)11-15/h2-4,11,13H,5-10,12H2,1H3,(H,18,20). The number of amides is 2. The molecular formula is C16H23ClN2O3. The Morgan fingerprint density at radius 1 is 1.36 bits per heavy atom. The van der Waals surface area contributed by atoms with Gasteiger partial charge in [-0.25, -0.2) is 4.79 Å². The van der Waals surface area contributed by atoms with Gasteiger partial charge < -0.3 is 19.7 Å². The van der Waals surface area contributed by atoms with Crippen LogP contribution >= 0.6 is 11.6 Å². The molecule has 22 heavy (non-hydrogen) atoms. The average Bonchev–Trinajstić information content (AvgIpc) is 2.52. The lowest BCUT2D eigenvalue weighted by atomic mass is 9.98. The van der Waals surface area contributed by atoms with Gasteiger partial charge in [0.25, 0.3) is 0 Å². The maximum atomic E-state index is 12.2. The maximum Gasteiger partial charge on any atom is 0.321 e. The van der Waals surface area contributed by atoms with Gasteiger partial charge in [0.2, 0.25) is 0 Å². The van der Waals surface area contributed by atoms with Crippen LogP contribution in [0.2, 0.25) is 5.02 Å². The lowest BCUT2D eigenvalue weighted by Crippen LogP contribution is -2.41. The lowest BCUT2D eigenvalue weighted by molar-refractivity contribution is 0.0386. The number of carbonyl (C=O) groups is 1. The molecule has 2 amide bonds. The molecule has 0 saturated carbocycles. The summed E-state index contributed by atoms with van der Waals surface area (Å²) in [6, 6.07) is 7.12. The van der Waals surface area contributed by atoms with Crippen LogP contribution in [0.25, 0.3) is 0 Å². The Morgan fingerprint density at radius 2 is 2.14 bits per heavy atom. The summed E-state index contributed by atoms with van der Waals surface area (Å²) >= 11 is 5.92. The molecule has 0 atom stereocenters. The molecule has 6 heteroatoms. The van der Waals surface area contributed by atoms with Crippen molar-refractivity contribution < 1.29 is 14.3 Å². The molecule has 0 spiro atoms. The number of rotatable bonds is 6. The summed E-state index contributed by atoms with van der Waals surface area (Å²) in [5, 5.41) is 3.50. The van der Waals surface area contributed by atoms with Crippen molar-refractivity contribution in [3.63, 3.8) is 0 Å². The predicted octanol–water partition coefficient (Wildman–Crippen LogP) is 3.25. The van der Waals surface area contributed by atoms with E-state index in [4.69, 9.17) is 21.1 Å². The number of methoxy groups -OCH3 is 1. The minimum absolute atomic E-state index is 0.0685. The summed E-state index contributed by atoms with van der Waals surface area (Å²) in [4.78, 5) is 14.0. The molecule has 1 aromatic carbocycles. The predicted molar refractivity (Wildman–Crippen MR) is 87.5 cm³/mol. The summed E-state index contributed by atoms with van der Waals surface area (Å²) in [5.74, 6) is 0.520. The van der Waals surface area contributed by atoms with Crippen LogP contribution in [0.1, 0.15) is 12.8 Å². The topological polar surface area (TPSA) is 50.8 Å². The van der Waals surface area contributed by atoms with Crippen molar-refractivity contribution in [2.45, 2.75) is 12.8 Å². The minimum atomic E-state index is -0.0685. The van der Waals surface area contributed by atoms with Gasteiger partial charge in [0, 0.05) is 37.5 Å². The van der Waals surface area contributed by atoms with E-state index < -0.39 is 0 Å². The number of halogens is 1. The van der Waals surface area contributed by atoms with E-state index >= 15 is 0 Å². The first-order chi connectivity index (χ1) is 10.7. The van der Waals surface area contributed by atoms with Crippen molar-refractivity contribution in [2.75, 3.05) is 45.3 Å². The number of urea groups is 1. The number of hydrogen-bond acceptors (Lipinski definition) is 3. The van der Waals surface area contributed by atoms with Crippen LogP contribution in [0.3, 0.4) is 0 Å². The van der Waals surface area contributed by atoms with Crippen LogP contribution in [0.15, 0.2) is 24.3 Å². The Balaban J connectivity index is 1.71. The molecule has 2 rings (SSSR count). The quantitative estimate of drug-likeness (QED) is 0.816. The smallest absolute Gasteiger partial charge is 0.321 e. The third kappa shape index (κ3) is 5.48. The van der Waals surface area contributed by atoms with E-state index in [0.29, 0.717) is 24.2 Å². The van der Waals surface area contributed by atoms with Crippen LogP contribution in [-0.4, -0.2) is 51.0 Å². The van der Waals surface area contributed by atoms with E-state index in [0.717, 1.165) is 38.2 Å². The normalized spacial score (nSPS) is 15.8. The van der Waals surface area contributed by atoms with E-state index in [1.54, 1.807) is 19.2 Å². The number of anilines is 1. The largest absolute Gasteiger partial charge is 0.382 e. The van der Waals surface area contributed by atoms with Crippen LogP contribution in [0.5, 0.6) is 0 Å². The van der Waals surface area contributed by atoms with E-state index in [1.807, 2.05) is 17.0 Å². The van der Waals surface area contributed by atoms with Gasteiger partial charge in [-0.2, -0.15) is 0 Å². The molecule has 0 aromatic heterocycles. The van der Waals surface area contributed by atoms with Gasteiger partial charge in [0.05, 0.1) is 13.2 Å².